The van der Waals surface area contributed by atoms with Gasteiger partial charge in [-0.25, -0.2) is 28.8 Å². The molecule has 0 unspecified atom stereocenters. The maximum atomic E-state index is 12.5. The van der Waals surface area contributed by atoms with E-state index in [0.717, 1.165) is 103 Å². The minimum absolute atomic E-state index is 0.284. The molecule has 3 aromatic carbocycles. The van der Waals surface area contributed by atoms with Gasteiger partial charge in [0.15, 0.2) is 0 Å². The number of hydrogen-bond acceptors (Lipinski definition) is 12. The molecule has 12 nitrogen and oxygen atoms in total. The van der Waals surface area contributed by atoms with E-state index in [2.05, 4.69) is 41.5 Å². The molecule has 0 aliphatic rings. The number of ether oxygens (including phenoxy) is 6. The summed E-state index contributed by atoms with van der Waals surface area (Å²) < 4.78 is 32.1. The van der Waals surface area contributed by atoms with Crippen molar-refractivity contribution in [3.63, 3.8) is 0 Å². The van der Waals surface area contributed by atoms with Gasteiger partial charge >= 0.3 is 35.8 Å². The van der Waals surface area contributed by atoms with Gasteiger partial charge in [0.25, 0.3) is 0 Å². The second-order valence-electron chi connectivity index (χ2n) is 22.1. The summed E-state index contributed by atoms with van der Waals surface area (Å²) in [6, 6.07) is 20.2. The van der Waals surface area contributed by atoms with Gasteiger partial charge in [-0.15, -0.1) is 0 Å². The predicted molar refractivity (Wildman–Crippen MR) is 341 cm³/mol. The van der Waals surface area contributed by atoms with Crippen molar-refractivity contribution in [2.24, 2.45) is 0 Å². The Morgan fingerprint density at radius 1 is 0.202 bits per heavy atom. The summed E-state index contributed by atoms with van der Waals surface area (Å²) in [6.45, 7) is 15.5. The number of benzene rings is 3. The molecule has 0 spiro atoms. The number of rotatable bonds is 48. The van der Waals surface area contributed by atoms with Crippen LogP contribution in [0.15, 0.2) is 72.8 Å². The third-order valence-electron chi connectivity index (χ3n) is 14.5. The van der Waals surface area contributed by atoms with Crippen LogP contribution in [-0.4, -0.2) is 75.5 Å². The fourth-order valence-electron chi connectivity index (χ4n) is 9.27. The van der Waals surface area contributed by atoms with E-state index in [-0.39, 0.29) is 11.1 Å². The Morgan fingerprint density at radius 3 is 0.464 bits per heavy atom. The van der Waals surface area contributed by atoms with Crippen molar-refractivity contribution in [2.75, 3.05) is 39.6 Å². The average molecular weight is 1170 g/mol. The first-order chi connectivity index (χ1) is 41.1. The summed E-state index contributed by atoms with van der Waals surface area (Å²) in [5.74, 6) is -2.67. The van der Waals surface area contributed by atoms with Crippen LogP contribution in [0.2, 0.25) is 0 Å². The third-order valence-corrected chi connectivity index (χ3v) is 14.5. The number of carbonyl (C=O) groups is 6. The predicted octanol–water partition coefficient (Wildman–Crippen LogP) is 20.2. The maximum Gasteiger partial charge on any atom is 0.339 e. The van der Waals surface area contributed by atoms with Gasteiger partial charge in [0.05, 0.1) is 73.0 Å². The van der Waals surface area contributed by atoms with Crippen molar-refractivity contribution < 1.29 is 57.2 Å². The summed E-state index contributed by atoms with van der Waals surface area (Å²) in [4.78, 5) is 74.0. The van der Waals surface area contributed by atoms with E-state index in [1.54, 1.807) is 72.8 Å². The van der Waals surface area contributed by atoms with Crippen molar-refractivity contribution in [2.45, 2.75) is 273 Å². The van der Waals surface area contributed by atoms with Crippen LogP contribution in [0.3, 0.4) is 0 Å². The van der Waals surface area contributed by atoms with Crippen LogP contribution in [0.25, 0.3) is 0 Å². The molecule has 0 atom stereocenters. The highest BCUT2D eigenvalue weighted by molar-refractivity contribution is 6.04. The van der Waals surface area contributed by atoms with E-state index >= 15 is 0 Å². The molecule has 0 N–H and O–H groups in total. The molecule has 3 rings (SSSR count). The Bertz CT molecular complexity index is 1990. The molecule has 0 aromatic heterocycles. The smallest absolute Gasteiger partial charge is 0.339 e. The highest BCUT2D eigenvalue weighted by atomic mass is 16.6. The highest BCUT2D eigenvalue weighted by Gasteiger charge is 2.21. The van der Waals surface area contributed by atoms with E-state index in [9.17, 15) is 28.8 Å². The molecule has 0 heterocycles. The summed E-state index contributed by atoms with van der Waals surface area (Å²) in [5.41, 5.74) is 1.75. The molecule has 0 amide bonds. The molecule has 3 aromatic rings. The molecular weight excluding hydrogens is 1060 g/mol. The van der Waals surface area contributed by atoms with Gasteiger partial charge in [-0.1, -0.05) is 271 Å². The Labute approximate surface area is 509 Å². The first-order valence-electron chi connectivity index (χ1n) is 33.4. The molecule has 84 heavy (non-hydrogen) atoms. The molecule has 0 saturated heterocycles. The highest BCUT2D eigenvalue weighted by Crippen LogP contribution is 2.18. The van der Waals surface area contributed by atoms with Gasteiger partial charge in [-0.2, -0.15) is 0 Å². The Hall–Kier alpha value is -5.52. The number of esters is 6. The largest absolute Gasteiger partial charge is 0.462 e. The molecule has 12 heteroatoms. The van der Waals surface area contributed by atoms with Crippen LogP contribution in [0.1, 0.15) is 335 Å². The summed E-state index contributed by atoms with van der Waals surface area (Å²) in [5, 5.41) is 0. The van der Waals surface area contributed by atoms with E-state index < -0.39 is 35.8 Å². The minimum Gasteiger partial charge on any atom is -0.462 e. The normalized spacial score (nSPS) is 10.6. The summed E-state index contributed by atoms with van der Waals surface area (Å²) in [6.07, 6.45) is 41.1. The molecule has 0 bridgehead atoms. The lowest BCUT2D eigenvalue weighted by atomic mass is 10.1. The van der Waals surface area contributed by atoms with Crippen molar-refractivity contribution in [1.82, 2.24) is 0 Å². The molecule has 0 aliphatic heterocycles. The lowest BCUT2D eigenvalue weighted by Gasteiger charge is -2.10. The third kappa shape index (κ3) is 39.2. The molecule has 0 saturated carbocycles. The van der Waals surface area contributed by atoms with Gasteiger partial charge < -0.3 is 28.4 Å². The lowest BCUT2D eigenvalue weighted by Crippen LogP contribution is -2.15. The molecular formula is C72H114O12. The van der Waals surface area contributed by atoms with Crippen LogP contribution in [0.4, 0.5) is 0 Å². The van der Waals surface area contributed by atoms with Gasteiger partial charge in [0.1, 0.15) is 0 Å². The van der Waals surface area contributed by atoms with Crippen molar-refractivity contribution in [3.8, 4) is 0 Å². The molecule has 0 radical (unpaired) electrons. The minimum atomic E-state index is -0.454. The fourth-order valence-corrected chi connectivity index (χ4v) is 9.27. The fraction of sp³-hybridized carbons (Fsp3) is 0.667. The van der Waals surface area contributed by atoms with Gasteiger partial charge in [-0.05, 0) is 74.9 Å². The van der Waals surface area contributed by atoms with Crippen LogP contribution in [-0.2, 0) is 28.4 Å². The zero-order valence-electron chi connectivity index (χ0n) is 53.5. The van der Waals surface area contributed by atoms with Gasteiger partial charge in [-0.3, -0.25) is 0 Å². The Balaban J connectivity index is 0.000000636. The van der Waals surface area contributed by atoms with Gasteiger partial charge in [0.2, 0.25) is 0 Å². The molecule has 0 fully saturated rings. The first kappa shape index (κ1) is 76.5. The average Bonchev–Trinajstić information content (AvgIpc) is 3.69. The quantitative estimate of drug-likeness (QED) is 0.0300. The van der Waals surface area contributed by atoms with E-state index in [4.69, 9.17) is 28.4 Å². The second kappa shape index (κ2) is 55.4. The summed E-state index contributed by atoms with van der Waals surface area (Å²) >= 11 is 0. The van der Waals surface area contributed by atoms with Crippen LogP contribution in [0.5, 0.6) is 0 Å². The SMILES string of the molecule is CCCCCCCCCCOC(=O)c1ccccc1C(=O)OCCCCCCCCCC.CCCCCCCCOC(=O)c1ccccc1C(=O)OCCCCCCCC.CCCCCCOC(=O)c1ccccc1C(=O)OCCCCCC. The van der Waals surface area contributed by atoms with Gasteiger partial charge in [0, 0.05) is 0 Å². The Morgan fingerprint density at radius 2 is 0.321 bits per heavy atom. The molecule has 0 aliphatic carbocycles. The van der Waals surface area contributed by atoms with Crippen LogP contribution in [0, 0.1) is 0 Å². The zero-order valence-corrected chi connectivity index (χ0v) is 53.5. The topological polar surface area (TPSA) is 158 Å². The monoisotopic (exact) mass is 1170 g/mol. The second-order valence-corrected chi connectivity index (χ2v) is 22.1. The van der Waals surface area contributed by atoms with E-state index in [1.807, 2.05) is 0 Å². The van der Waals surface area contributed by atoms with E-state index in [1.165, 1.54) is 128 Å². The van der Waals surface area contributed by atoms with Crippen LogP contribution >= 0.6 is 0 Å². The van der Waals surface area contributed by atoms with Crippen molar-refractivity contribution in [1.29, 1.82) is 0 Å². The molecule has 474 valence electrons. The standard InChI is InChI=1S/C28H46O4.C24H38O4.C20H30O4/c1-3-5-7-9-11-13-15-19-23-31-27(29)25-21-17-18-22-26(25)28(30)32-24-20-16-14-12-10-8-6-4-2;1-3-5-7-9-11-15-19-27-23(25)21-17-13-14-18-22(21)24(26)28-20-16-12-10-8-6-4-2;1-3-5-7-11-15-23-19(21)17-13-9-10-14-18(17)20(22)24-16-12-8-6-4-2/h17-18,21-22H,3-16,19-20,23-24H2,1-2H3;13-14,17-18H,3-12,15-16,19-20H2,1-2H3;9-10,13-14H,3-8,11-12,15-16H2,1-2H3. The zero-order chi connectivity index (χ0) is 61.4. The number of carbonyl (C=O) groups excluding carboxylic acids is 6. The number of unbranched alkanes of at least 4 members (excludes halogenated alkanes) is 30. The summed E-state index contributed by atoms with van der Waals surface area (Å²) in [7, 11) is 0. The number of hydrogen-bond donors (Lipinski definition) is 0. The van der Waals surface area contributed by atoms with Crippen molar-refractivity contribution >= 4 is 35.8 Å². The Kier molecular flexibility index (Phi) is 50.4. The van der Waals surface area contributed by atoms with E-state index in [0.29, 0.717) is 61.9 Å². The first-order valence-corrected chi connectivity index (χ1v) is 33.4. The van der Waals surface area contributed by atoms with Crippen molar-refractivity contribution in [3.05, 3.63) is 106 Å². The lowest BCUT2D eigenvalue weighted by molar-refractivity contribution is 0.0450. The maximum absolute atomic E-state index is 12.5. The van der Waals surface area contributed by atoms with Crippen LogP contribution < -0.4 is 0 Å².